The lowest BCUT2D eigenvalue weighted by atomic mass is 10.1. The van der Waals surface area contributed by atoms with Crippen molar-refractivity contribution < 1.29 is 0 Å². The molecule has 100 valence electrons. The second-order valence-corrected chi connectivity index (χ2v) is 5.35. The van der Waals surface area contributed by atoms with E-state index < -0.39 is 0 Å². The molecule has 1 heterocycles. The second kappa shape index (κ2) is 5.72. The van der Waals surface area contributed by atoms with Crippen molar-refractivity contribution in [3.63, 3.8) is 0 Å². The van der Waals surface area contributed by atoms with Crippen LogP contribution >= 0.6 is 0 Å². The molecule has 1 aliphatic rings. The van der Waals surface area contributed by atoms with Gasteiger partial charge < -0.3 is 10.6 Å². The number of nitrogens with two attached hydrogens (primary N) is 1. The van der Waals surface area contributed by atoms with Crippen LogP contribution in [0.5, 0.6) is 0 Å². The number of hydrogen-bond acceptors (Lipinski definition) is 3. The van der Waals surface area contributed by atoms with Gasteiger partial charge in [-0.05, 0) is 38.1 Å². The lowest BCUT2D eigenvalue weighted by Gasteiger charge is -2.44. The van der Waals surface area contributed by atoms with Gasteiger partial charge in [0.05, 0.1) is 0 Å². The molecule has 2 N–H and O–H groups in total. The molecule has 1 aliphatic heterocycles. The zero-order valence-electron chi connectivity index (χ0n) is 11.8. The fourth-order valence-corrected chi connectivity index (χ4v) is 2.75. The molecule has 2 unspecified atom stereocenters. The van der Waals surface area contributed by atoms with Crippen molar-refractivity contribution in [2.45, 2.75) is 32.4 Å². The molecule has 0 saturated carbocycles. The minimum atomic E-state index is 0.465. The molecule has 1 saturated heterocycles. The molecule has 0 radical (unpaired) electrons. The fraction of sp³-hybridized carbons (Fsp3) is 0.600. The van der Waals surface area contributed by atoms with E-state index >= 15 is 0 Å². The van der Waals surface area contributed by atoms with Gasteiger partial charge >= 0.3 is 0 Å². The highest BCUT2D eigenvalue weighted by Crippen LogP contribution is 2.23. The van der Waals surface area contributed by atoms with E-state index in [9.17, 15) is 0 Å². The van der Waals surface area contributed by atoms with Crippen molar-refractivity contribution in [1.82, 2.24) is 4.90 Å². The van der Waals surface area contributed by atoms with Gasteiger partial charge in [0.15, 0.2) is 0 Å². The van der Waals surface area contributed by atoms with Crippen LogP contribution in [0.25, 0.3) is 0 Å². The van der Waals surface area contributed by atoms with Crippen LogP contribution in [-0.4, -0.2) is 43.7 Å². The first-order valence-corrected chi connectivity index (χ1v) is 6.91. The van der Waals surface area contributed by atoms with Gasteiger partial charge in [-0.3, -0.25) is 4.90 Å². The number of anilines is 1. The molecule has 1 aromatic carbocycles. The van der Waals surface area contributed by atoms with Crippen molar-refractivity contribution >= 4 is 5.69 Å². The van der Waals surface area contributed by atoms with Crippen molar-refractivity contribution in [3.05, 3.63) is 29.8 Å². The van der Waals surface area contributed by atoms with Crippen LogP contribution in [-0.2, 0) is 6.42 Å². The van der Waals surface area contributed by atoms with Crippen LogP contribution in [0, 0.1) is 0 Å². The highest BCUT2D eigenvalue weighted by Gasteiger charge is 2.28. The Balaban J connectivity index is 2.15. The number of benzene rings is 1. The smallest absolute Gasteiger partial charge is 0.0391 e. The lowest BCUT2D eigenvalue weighted by molar-refractivity contribution is 0.197. The SMILES string of the molecule is CCc1ccc(N2CC(CN)N(C)CC2C)cc1. The highest BCUT2D eigenvalue weighted by molar-refractivity contribution is 5.49. The Morgan fingerprint density at radius 1 is 1.22 bits per heavy atom. The average Bonchev–Trinajstić information content (AvgIpc) is 2.39. The van der Waals surface area contributed by atoms with E-state index in [0.29, 0.717) is 12.1 Å². The van der Waals surface area contributed by atoms with Crippen LogP contribution in [0.4, 0.5) is 5.69 Å². The quantitative estimate of drug-likeness (QED) is 0.882. The van der Waals surface area contributed by atoms with E-state index in [-0.39, 0.29) is 0 Å². The number of nitrogens with zero attached hydrogens (tertiary/aromatic N) is 2. The predicted octanol–water partition coefficient (Wildman–Crippen LogP) is 1.72. The molecule has 0 bridgehead atoms. The third-order valence-corrected chi connectivity index (χ3v) is 4.06. The van der Waals surface area contributed by atoms with Crippen LogP contribution in [0.3, 0.4) is 0 Å². The van der Waals surface area contributed by atoms with E-state index in [1.54, 1.807) is 0 Å². The Labute approximate surface area is 111 Å². The molecule has 2 rings (SSSR count). The molecule has 3 nitrogen and oxygen atoms in total. The molecular weight excluding hydrogens is 222 g/mol. The van der Waals surface area contributed by atoms with Crippen LogP contribution < -0.4 is 10.6 Å². The summed E-state index contributed by atoms with van der Waals surface area (Å²) in [6, 6.07) is 9.97. The first-order valence-electron chi connectivity index (χ1n) is 6.91. The number of hydrogen-bond donors (Lipinski definition) is 1. The van der Waals surface area contributed by atoms with Gasteiger partial charge in [0.25, 0.3) is 0 Å². The molecule has 0 aromatic heterocycles. The highest BCUT2D eigenvalue weighted by atomic mass is 15.3. The Morgan fingerprint density at radius 3 is 2.44 bits per heavy atom. The normalized spacial score (nSPS) is 25.4. The van der Waals surface area contributed by atoms with Gasteiger partial charge in [0, 0.05) is 37.4 Å². The Bertz CT molecular complexity index is 374. The summed E-state index contributed by atoms with van der Waals surface area (Å²) in [5, 5.41) is 0. The summed E-state index contributed by atoms with van der Waals surface area (Å²) >= 11 is 0. The Morgan fingerprint density at radius 2 is 1.89 bits per heavy atom. The lowest BCUT2D eigenvalue weighted by Crippen LogP contribution is -2.58. The molecule has 3 heteroatoms. The molecule has 18 heavy (non-hydrogen) atoms. The number of likely N-dealkylation sites (N-methyl/N-ethyl adjacent to an activating group) is 1. The average molecular weight is 247 g/mol. The van der Waals surface area contributed by atoms with Crippen molar-refractivity contribution in [1.29, 1.82) is 0 Å². The molecular formula is C15H25N3. The zero-order valence-corrected chi connectivity index (χ0v) is 11.8. The van der Waals surface area contributed by atoms with E-state index in [0.717, 1.165) is 26.1 Å². The van der Waals surface area contributed by atoms with Gasteiger partial charge in [0.1, 0.15) is 0 Å². The summed E-state index contributed by atoms with van der Waals surface area (Å²) < 4.78 is 0. The molecule has 0 amide bonds. The second-order valence-electron chi connectivity index (χ2n) is 5.35. The third-order valence-electron chi connectivity index (χ3n) is 4.06. The van der Waals surface area contributed by atoms with Crippen molar-refractivity contribution in [3.8, 4) is 0 Å². The fourth-order valence-electron chi connectivity index (χ4n) is 2.75. The third kappa shape index (κ3) is 2.68. The molecule has 1 aromatic rings. The van der Waals surface area contributed by atoms with Gasteiger partial charge in [-0.25, -0.2) is 0 Å². The van der Waals surface area contributed by atoms with E-state index in [4.69, 9.17) is 5.73 Å². The standard InChI is InChI=1S/C15H25N3/c1-4-13-5-7-14(8-6-13)18-11-15(9-16)17(3)10-12(18)2/h5-8,12,15H,4,9-11,16H2,1-3H3. The maximum Gasteiger partial charge on any atom is 0.0391 e. The Kier molecular flexibility index (Phi) is 4.25. The van der Waals surface area contributed by atoms with E-state index in [1.165, 1.54) is 11.3 Å². The summed E-state index contributed by atoms with van der Waals surface area (Å²) in [4.78, 5) is 4.86. The van der Waals surface area contributed by atoms with Crippen LogP contribution in [0.15, 0.2) is 24.3 Å². The molecule has 0 spiro atoms. The van der Waals surface area contributed by atoms with Crippen molar-refractivity contribution in [2.24, 2.45) is 5.73 Å². The molecule has 1 fully saturated rings. The summed E-state index contributed by atoms with van der Waals surface area (Å²) in [5.41, 5.74) is 8.58. The maximum absolute atomic E-state index is 5.86. The molecule has 2 atom stereocenters. The van der Waals surface area contributed by atoms with E-state index in [1.807, 2.05) is 0 Å². The number of aryl methyl sites for hydroxylation is 1. The first kappa shape index (κ1) is 13.4. The number of rotatable bonds is 3. The minimum Gasteiger partial charge on any atom is -0.366 e. The van der Waals surface area contributed by atoms with E-state index in [2.05, 4.69) is 55.0 Å². The number of piperazine rings is 1. The first-order chi connectivity index (χ1) is 8.65. The summed E-state index contributed by atoms with van der Waals surface area (Å²) in [7, 11) is 2.17. The van der Waals surface area contributed by atoms with Crippen molar-refractivity contribution in [2.75, 3.05) is 31.6 Å². The molecule has 0 aliphatic carbocycles. The summed E-state index contributed by atoms with van der Waals surface area (Å²) in [6.45, 7) is 7.32. The predicted molar refractivity (Wildman–Crippen MR) is 78.1 cm³/mol. The largest absolute Gasteiger partial charge is 0.366 e. The maximum atomic E-state index is 5.86. The zero-order chi connectivity index (χ0) is 13.1. The minimum absolute atomic E-state index is 0.465. The monoisotopic (exact) mass is 247 g/mol. The van der Waals surface area contributed by atoms with Gasteiger partial charge in [-0.15, -0.1) is 0 Å². The summed E-state index contributed by atoms with van der Waals surface area (Å²) in [5.74, 6) is 0. The van der Waals surface area contributed by atoms with Crippen LogP contribution in [0.1, 0.15) is 19.4 Å². The van der Waals surface area contributed by atoms with Gasteiger partial charge in [-0.1, -0.05) is 19.1 Å². The topological polar surface area (TPSA) is 32.5 Å². The summed E-state index contributed by atoms with van der Waals surface area (Å²) in [6.07, 6.45) is 1.10. The van der Waals surface area contributed by atoms with Gasteiger partial charge in [0.2, 0.25) is 0 Å². The van der Waals surface area contributed by atoms with Crippen LogP contribution in [0.2, 0.25) is 0 Å². The van der Waals surface area contributed by atoms with Gasteiger partial charge in [-0.2, -0.15) is 0 Å². The Hall–Kier alpha value is -1.06.